The first kappa shape index (κ1) is 16.1. The predicted octanol–water partition coefficient (Wildman–Crippen LogP) is 3.16. The van der Waals surface area contributed by atoms with Crippen LogP contribution in [0.2, 0.25) is 0 Å². The molecule has 2 amide bonds. The second-order valence-electron chi connectivity index (χ2n) is 5.86. The average Bonchev–Trinajstić information content (AvgIpc) is 3.07. The van der Waals surface area contributed by atoms with Crippen LogP contribution >= 0.6 is 11.8 Å². The molecule has 4 nitrogen and oxygen atoms in total. The molecule has 1 saturated heterocycles. The van der Waals surface area contributed by atoms with Gasteiger partial charge in [0.05, 0.1) is 5.60 Å². The summed E-state index contributed by atoms with van der Waals surface area (Å²) < 4.78 is 5.61. The number of ether oxygens (including phenoxy) is 1. The van der Waals surface area contributed by atoms with Crippen molar-refractivity contribution in [2.45, 2.75) is 18.6 Å². The number of hydrogen-bond donors (Lipinski definition) is 2. The lowest BCUT2D eigenvalue weighted by molar-refractivity contribution is 0.0157. The molecular formula is C18H22N2O2S. The molecule has 3 rings (SSSR count). The molecule has 0 saturated carbocycles. The molecule has 0 spiro atoms. The number of carbonyl (C=O) groups excluding carboxylic acids is 1. The van der Waals surface area contributed by atoms with E-state index in [-0.39, 0.29) is 11.6 Å². The number of thioether (sulfide) groups is 1. The van der Waals surface area contributed by atoms with Crippen molar-refractivity contribution >= 4 is 28.6 Å². The van der Waals surface area contributed by atoms with Gasteiger partial charge in [0.2, 0.25) is 0 Å². The number of fused-ring (bicyclic) bond motifs is 1. The maximum absolute atomic E-state index is 12.1. The largest absolute Gasteiger partial charge is 0.376 e. The summed E-state index contributed by atoms with van der Waals surface area (Å²) in [5.41, 5.74) is 0.915. The standard InChI is InChI=1S/C18H22N2O2S/c1-22-18(9-10-23-13-18)12-20-17(21)19-11-15-7-4-6-14-5-2-3-8-16(14)15/h2-8H,9-13H2,1H3,(H2,19,20,21). The van der Waals surface area contributed by atoms with Crippen molar-refractivity contribution in [2.24, 2.45) is 0 Å². The molecule has 0 radical (unpaired) electrons. The molecule has 0 aliphatic carbocycles. The van der Waals surface area contributed by atoms with E-state index >= 15 is 0 Å². The van der Waals surface area contributed by atoms with E-state index in [1.807, 2.05) is 36.0 Å². The zero-order valence-electron chi connectivity index (χ0n) is 13.3. The third-order valence-corrected chi connectivity index (χ3v) is 5.61. The lowest BCUT2D eigenvalue weighted by Gasteiger charge is -2.26. The maximum atomic E-state index is 12.1. The van der Waals surface area contributed by atoms with Crippen LogP contribution in [0.3, 0.4) is 0 Å². The van der Waals surface area contributed by atoms with Gasteiger partial charge in [-0.2, -0.15) is 11.8 Å². The molecule has 1 fully saturated rings. The second-order valence-corrected chi connectivity index (χ2v) is 6.97. The monoisotopic (exact) mass is 330 g/mol. The van der Waals surface area contributed by atoms with Gasteiger partial charge in [0.15, 0.2) is 0 Å². The third kappa shape index (κ3) is 3.79. The van der Waals surface area contributed by atoms with E-state index < -0.39 is 0 Å². The molecule has 0 bridgehead atoms. The summed E-state index contributed by atoms with van der Waals surface area (Å²) >= 11 is 1.87. The summed E-state index contributed by atoms with van der Waals surface area (Å²) in [5, 5.41) is 8.26. The number of hydrogen-bond acceptors (Lipinski definition) is 3. The smallest absolute Gasteiger partial charge is 0.315 e. The molecule has 2 aromatic carbocycles. The summed E-state index contributed by atoms with van der Waals surface area (Å²) in [7, 11) is 1.72. The highest BCUT2D eigenvalue weighted by Crippen LogP contribution is 2.30. The van der Waals surface area contributed by atoms with E-state index in [9.17, 15) is 4.79 Å². The second kappa shape index (κ2) is 7.23. The predicted molar refractivity (Wildman–Crippen MR) is 95.9 cm³/mol. The Kier molecular flexibility index (Phi) is 5.08. The van der Waals surface area contributed by atoms with Crippen LogP contribution < -0.4 is 10.6 Å². The first-order valence-electron chi connectivity index (χ1n) is 7.84. The van der Waals surface area contributed by atoms with Gasteiger partial charge < -0.3 is 15.4 Å². The first-order chi connectivity index (χ1) is 11.2. The molecule has 5 heteroatoms. The Morgan fingerprint density at radius 1 is 1.22 bits per heavy atom. The van der Waals surface area contributed by atoms with E-state index in [4.69, 9.17) is 4.74 Å². The van der Waals surface area contributed by atoms with E-state index in [0.29, 0.717) is 13.1 Å². The molecular weight excluding hydrogens is 308 g/mol. The molecule has 2 N–H and O–H groups in total. The molecule has 1 atom stereocenters. The molecule has 1 unspecified atom stereocenters. The summed E-state index contributed by atoms with van der Waals surface area (Å²) in [6.07, 6.45) is 0.984. The number of benzene rings is 2. The van der Waals surface area contributed by atoms with Crippen molar-refractivity contribution in [1.82, 2.24) is 10.6 Å². The Labute approximate surface area is 141 Å². The van der Waals surface area contributed by atoms with Gasteiger partial charge in [-0.3, -0.25) is 0 Å². The van der Waals surface area contributed by atoms with Gasteiger partial charge in [-0.05, 0) is 28.5 Å². The number of rotatable bonds is 5. The lowest BCUT2D eigenvalue weighted by Crippen LogP contribution is -2.47. The Hall–Kier alpha value is -1.72. The van der Waals surface area contributed by atoms with Crippen molar-refractivity contribution in [2.75, 3.05) is 25.2 Å². The van der Waals surface area contributed by atoms with Gasteiger partial charge in [-0.25, -0.2) is 4.79 Å². The molecule has 122 valence electrons. The van der Waals surface area contributed by atoms with Gasteiger partial charge in [-0.1, -0.05) is 42.5 Å². The van der Waals surface area contributed by atoms with Gasteiger partial charge >= 0.3 is 6.03 Å². The van der Waals surface area contributed by atoms with Crippen LogP contribution in [-0.2, 0) is 11.3 Å². The highest BCUT2D eigenvalue weighted by atomic mass is 32.2. The molecule has 1 heterocycles. The van der Waals surface area contributed by atoms with Gasteiger partial charge in [0, 0.05) is 26.0 Å². The van der Waals surface area contributed by atoms with E-state index in [2.05, 4.69) is 28.8 Å². The topological polar surface area (TPSA) is 50.4 Å². The number of carbonyl (C=O) groups is 1. The minimum atomic E-state index is -0.207. The van der Waals surface area contributed by atoms with Gasteiger partial charge in [0.1, 0.15) is 0 Å². The van der Waals surface area contributed by atoms with Crippen LogP contribution in [0.1, 0.15) is 12.0 Å². The fourth-order valence-corrected chi connectivity index (χ4v) is 4.28. The Bertz CT molecular complexity index is 678. The molecule has 1 aliphatic heterocycles. The fourth-order valence-electron chi connectivity index (χ4n) is 2.89. The lowest BCUT2D eigenvalue weighted by atomic mass is 10.0. The number of urea groups is 1. The van der Waals surface area contributed by atoms with Crippen LogP contribution in [0, 0.1) is 0 Å². The average molecular weight is 330 g/mol. The summed E-state index contributed by atoms with van der Waals surface area (Å²) in [5.74, 6) is 2.03. The quantitative estimate of drug-likeness (QED) is 0.885. The molecule has 1 aliphatic rings. The van der Waals surface area contributed by atoms with Crippen LogP contribution in [0.25, 0.3) is 10.8 Å². The fraction of sp³-hybridized carbons (Fsp3) is 0.389. The van der Waals surface area contributed by atoms with Crippen molar-refractivity contribution < 1.29 is 9.53 Å². The highest BCUT2D eigenvalue weighted by Gasteiger charge is 2.34. The number of amides is 2. The van der Waals surface area contributed by atoms with E-state index in [1.165, 1.54) is 10.8 Å². The normalized spacial score (nSPS) is 20.6. The molecule has 23 heavy (non-hydrogen) atoms. The van der Waals surface area contributed by atoms with Crippen molar-refractivity contribution in [3.63, 3.8) is 0 Å². The van der Waals surface area contributed by atoms with Crippen LogP contribution in [0.5, 0.6) is 0 Å². The SMILES string of the molecule is COC1(CNC(=O)NCc2cccc3ccccc23)CCSC1. The first-order valence-corrected chi connectivity index (χ1v) is 8.99. The van der Waals surface area contributed by atoms with Crippen molar-refractivity contribution in [1.29, 1.82) is 0 Å². The zero-order valence-corrected chi connectivity index (χ0v) is 14.1. The van der Waals surface area contributed by atoms with Crippen LogP contribution in [-0.4, -0.2) is 36.8 Å². The number of nitrogens with one attached hydrogen (secondary N) is 2. The minimum absolute atomic E-state index is 0.147. The van der Waals surface area contributed by atoms with E-state index in [0.717, 1.165) is 23.5 Å². The Morgan fingerprint density at radius 2 is 2.04 bits per heavy atom. The van der Waals surface area contributed by atoms with E-state index in [1.54, 1.807) is 7.11 Å². The Morgan fingerprint density at radius 3 is 2.83 bits per heavy atom. The van der Waals surface area contributed by atoms with Crippen molar-refractivity contribution in [3.05, 3.63) is 48.0 Å². The van der Waals surface area contributed by atoms with Crippen molar-refractivity contribution in [3.8, 4) is 0 Å². The Balaban J connectivity index is 1.56. The maximum Gasteiger partial charge on any atom is 0.315 e. The number of methoxy groups -OCH3 is 1. The summed E-state index contributed by atoms with van der Waals surface area (Å²) in [4.78, 5) is 12.1. The summed E-state index contributed by atoms with van der Waals surface area (Å²) in [6.45, 7) is 1.07. The molecule has 0 aromatic heterocycles. The zero-order chi connectivity index (χ0) is 16.1. The summed E-state index contributed by atoms with van der Waals surface area (Å²) in [6, 6.07) is 14.2. The van der Waals surface area contributed by atoms with Crippen LogP contribution in [0.15, 0.2) is 42.5 Å². The van der Waals surface area contributed by atoms with Gasteiger partial charge in [0.25, 0.3) is 0 Å². The molecule has 2 aromatic rings. The van der Waals surface area contributed by atoms with Gasteiger partial charge in [-0.15, -0.1) is 0 Å². The van der Waals surface area contributed by atoms with Crippen LogP contribution in [0.4, 0.5) is 4.79 Å². The minimum Gasteiger partial charge on any atom is -0.376 e. The third-order valence-electron chi connectivity index (χ3n) is 4.39. The highest BCUT2D eigenvalue weighted by molar-refractivity contribution is 7.99.